The van der Waals surface area contributed by atoms with E-state index in [4.69, 9.17) is 4.74 Å². The molecule has 1 amide bonds. The van der Waals surface area contributed by atoms with Gasteiger partial charge >= 0.3 is 6.09 Å². The number of nitrogens with one attached hydrogen (secondary N) is 2. The van der Waals surface area contributed by atoms with Crippen molar-refractivity contribution >= 4 is 15.9 Å². The second-order valence-electron chi connectivity index (χ2n) is 6.64. The average Bonchev–Trinajstić information content (AvgIpc) is 2.74. The van der Waals surface area contributed by atoms with Gasteiger partial charge in [-0.1, -0.05) is 6.42 Å². The summed E-state index contributed by atoms with van der Waals surface area (Å²) in [7, 11) is -2.98. The van der Waals surface area contributed by atoms with Gasteiger partial charge in [0.25, 0.3) is 0 Å². The molecule has 1 rings (SSSR count). The molecule has 0 saturated heterocycles. The SMILES string of the molecule is CC(C)(C)OC(=O)NCCCNC1CCCC1S(C)(=O)=O. The third-order valence-corrected chi connectivity index (χ3v) is 5.09. The highest BCUT2D eigenvalue weighted by molar-refractivity contribution is 7.91. The first kappa shape index (κ1) is 18.2. The second-order valence-corrected chi connectivity index (χ2v) is 8.91. The van der Waals surface area contributed by atoms with Crippen molar-refractivity contribution in [1.82, 2.24) is 10.6 Å². The van der Waals surface area contributed by atoms with Gasteiger partial charge in [0, 0.05) is 18.8 Å². The van der Waals surface area contributed by atoms with Gasteiger partial charge in [0.1, 0.15) is 5.60 Å². The quantitative estimate of drug-likeness (QED) is 0.724. The zero-order valence-corrected chi connectivity index (χ0v) is 14.3. The number of rotatable bonds is 6. The molecular formula is C14H28N2O4S. The zero-order valence-electron chi connectivity index (χ0n) is 13.4. The van der Waals surface area contributed by atoms with Crippen LogP contribution in [0.2, 0.25) is 0 Å². The number of hydrogen-bond acceptors (Lipinski definition) is 5. The maximum Gasteiger partial charge on any atom is 0.407 e. The summed E-state index contributed by atoms with van der Waals surface area (Å²) in [4.78, 5) is 11.4. The van der Waals surface area contributed by atoms with E-state index >= 15 is 0 Å². The highest BCUT2D eigenvalue weighted by Gasteiger charge is 2.34. The lowest BCUT2D eigenvalue weighted by molar-refractivity contribution is 0.0527. The largest absolute Gasteiger partial charge is 0.444 e. The second kappa shape index (κ2) is 7.45. The van der Waals surface area contributed by atoms with Crippen LogP contribution in [-0.4, -0.2) is 50.7 Å². The Morgan fingerprint density at radius 3 is 2.48 bits per heavy atom. The summed E-state index contributed by atoms with van der Waals surface area (Å²) in [5.41, 5.74) is -0.491. The summed E-state index contributed by atoms with van der Waals surface area (Å²) in [6.45, 7) is 6.66. The minimum Gasteiger partial charge on any atom is -0.444 e. The van der Waals surface area contributed by atoms with Gasteiger partial charge in [0.15, 0.2) is 9.84 Å². The van der Waals surface area contributed by atoms with Crippen LogP contribution in [0, 0.1) is 0 Å². The smallest absolute Gasteiger partial charge is 0.407 e. The van der Waals surface area contributed by atoms with Crippen molar-refractivity contribution in [2.45, 2.75) is 63.3 Å². The number of ether oxygens (including phenoxy) is 1. The number of sulfone groups is 1. The van der Waals surface area contributed by atoms with Gasteiger partial charge in [0.2, 0.25) is 0 Å². The topological polar surface area (TPSA) is 84.5 Å². The molecule has 0 bridgehead atoms. The van der Waals surface area contributed by atoms with Crippen molar-refractivity contribution in [3.63, 3.8) is 0 Å². The molecule has 21 heavy (non-hydrogen) atoms. The van der Waals surface area contributed by atoms with Crippen molar-refractivity contribution in [3.05, 3.63) is 0 Å². The molecule has 1 fully saturated rings. The van der Waals surface area contributed by atoms with E-state index in [9.17, 15) is 13.2 Å². The van der Waals surface area contributed by atoms with Crippen LogP contribution in [-0.2, 0) is 14.6 Å². The van der Waals surface area contributed by atoms with Gasteiger partial charge in [-0.15, -0.1) is 0 Å². The summed E-state index contributed by atoms with van der Waals surface area (Å²) in [5, 5.41) is 5.71. The molecule has 0 spiro atoms. The molecule has 0 aromatic carbocycles. The molecule has 1 saturated carbocycles. The van der Waals surface area contributed by atoms with Crippen LogP contribution in [0.4, 0.5) is 4.79 Å². The van der Waals surface area contributed by atoms with Gasteiger partial charge < -0.3 is 15.4 Å². The van der Waals surface area contributed by atoms with E-state index in [1.165, 1.54) is 6.26 Å². The van der Waals surface area contributed by atoms with E-state index in [0.717, 1.165) is 25.7 Å². The molecule has 124 valence electrons. The highest BCUT2D eigenvalue weighted by atomic mass is 32.2. The molecular weight excluding hydrogens is 292 g/mol. The minimum atomic E-state index is -2.98. The first-order valence-corrected chi connectivity index (χ1v) is 9.44. The molecule has 1 aliphatic rings. The van der Waals surface area contributed by atoms with Gasteiger partial charge in [-0.2, -0.15) is 0 Å². The van der Waals surface area contributed by atoms with Gasteiger partial charge in [-0.05, 0) is 46.6 Å². The summed E-state index contributed by atoms with van der Waals surface area (Å²) < 4.78 is 28.4. The molecule has 0 radical (unpaired) electrons. The standard InChI is InChI=1S/C14H28N2O4S/c1-14(2,3)20-13(17)16-10-6-9-15-11-7-5-8-12(11)21(4,18)19/h11-12,15H,5-10H2,1-4H3,(H,16,17). The lowest BCUT2D eigenvalue weighted by atomic mass is 10.2. The van der Waals surface area contributed by atoms with E-state index in [1.807, 2.05) is 20.8 Å². The Morgan fingerprint density at radius 1 is 1.24 bits per heavy atom. The number of carbonyl (C=O) groups is 1. The van der Waals surface area contributed by atoms with E-state index in [1.54, 1.807) is 0 Å². The normalized spacial score (nSPS) is 23.0. The van der Waals surface area contributed by atoms with Crippen LogP contribution in [0.3, 0.4) is 0 Å². The fraction of sp³-hybridized carbons (Fsp3) is 0.929. The van der Waals surface area contributed by atoms with Crippen molar-refractivity contribution in [1.29, 1.82) is 0 Å². The van der Waals surface area contributed by atoms with Crippen molar-refractivity contribution in [2.24, 2.45) is 0 Å². The molecule has 7 heteroatoms. The molecule has 0 aliphatic heterocycles. The zero-order chi connectivity index (χ0) is 16.1. The van der Waals surface area contributed by atoms with Crippen molar-refractivity contribution < 1.29 is 17.9 Å². The molecule has 0 heterocycles. The molecule has 0 aromatic rings. The van der Waals surface area contributed by atoms with Crippen molar-refractivity contribution in [3.8, 4) is 0 Å². The summed E-state index contributed by atoms with van der Waals surface area (Å²) in [6, 6.07) is 0.0431. The Morgan fingerprint density at radius 2 is 1.90 bits per heavy atom. The third kappa shape index (κ3) is 7.13. The van der Waals surface area contributed by atoms with Crippen LogP contribution in [0.25, 0.3) is 0 Å². The fourth-order valence-electron chi connectivity index (χ4n) is 2.55. The maximum absolute atomic E-state index is 11.6. The van der Waals surface area contributed by atoms with E-state index in [2.05, 4.69) is 10.6 Å². The number of amides is 1. The number of alkyl carbamates (subject to hydrolysis) is 1. The van der Waals surface area contributed by atoms with Crippen LogP contribution in [0.1, 0.15) is 46.5 Å². The minimum absolute atomic E-state index is 0.0431. The van der Waals surface area contributed by atoms with Gasteiger partial charge in [-0.3, -0.25) is 0 Å². The predicted molar refractivity (Wildman–Crippen MR) is 83.1 cm³/mol. The van der Waals surface area contributed by atoms with E-state index < -0.39 is 21.5 Å². The molecule has 1 aliphatic carbocycles. The fourth-order valence-corrected chi connectivity index (χ4v) is 3.98. The molecule has 0 aromatic heterocycles. The summed E-state index contributed by atoms with van der Waals surface area (Å²) in [6.07, 6.45) is 4.22. The monoisotopic (exact) mass is 320 g/mol. The van der Waals surface area contributed by atoms with Gasteiger partial charge in [0.05, 0.1) is 5.25 Å². The Kier molecular flexibility index (Phi) is 6.46. The van der Waals surface area contributed by atoms with E-state index in [0.29, 0.717) is 13.1 Å². The number of carbonyl (C=O) groups excluding carboxylic acids is 1. The average molecular weight is 320 g/mol. The maximum atomic E-state index is 11.6. The molecule has 6 nitrogen and oxygen atoms in total. The number of hydrogen-bond donors (Lipinski definition) is 2. The van der Waals surface area contributed by atoms with Gasteiger partial charge in [-0.25, -0.2) is 13.2 Å². The lowest BCUT2D eigenvalue weighted by Crippen LogP contribution is -2.41. The summed E-state index contributed by atoms with van der Waals surface area (Å²) in [5.74, 6) is 0. The Balaban J connectivity index is 2.19. The van der Waals surface area contributed by atoms with E-state index in [-0.39, 0.29) is 11.3 Å². The van der Waals surface area contributed by atoms with Crippen molar-refractivity contribution in [2.75, 3.05) is 19.3 Å². The highest BCUT2D eigenvalue weighted by Crippen LogP contribution is 2.24. The first-order chi connectivity index (χ1) is 9.59. The Labute approximate surface area is 127 Å². The Bertz CT molecular complexity index is 442. The van der Waals surface area contributed by atoms with Crippen LogP contribution < -0.4 is 10.6 Å². The van der Waals surface area contributed by atoms with Crippen LogP contribution in [0.15, 0.2) is 0 Å². The summed E-state index contributed by atoms with van der Waals surface area (Å²) >= 11 is 0. The first-order valence-electron chi connectivity index (χ1n) is 7.49. The van der Waals surface area contributed by atoms with Crippen LogP contribution in [0.5, 0.6) is 0 Å². The molecule has 2 unspecified atom stereocenters. The molecule has 2 N–H and O–H groups in total. The van der Waals surface area contributed by atoms with Crippen LogP contribution >= 0.6 is 0 Å². The third-order valence-electron chi connectivity index (χ3n) is 3.43. The lowest BCUT2D eigenvalue weighted by Gasteiger charge is -2.21. The molecule has 2 atom stereocenters. The predicted octanol–water partition coefficient (Wildman–Crippen LogP) is 1.46. The Hall–Kier alpha value is -0.820.